The van der Waals surface area contributed by atoms with E-state index in [0.717, 1.165) is 0 Å². The number of aliphatic hydroxyl groups excluding tert-OH is 2. The van der Waals surface area contributed by atoms with Crippen LogP contribution in [0.4, 0.5) is 0 Å². The van der Waals surface area contributed by atoms with E-state index in [4.69, 9.17) is 10.2 Å². The second-order valence-electron chi connectivity index (χ2n) is 2.90. The van der Waals surface area contributed by atoms with Gasteiger partial charge in [0.25, 0.3) is 0 Å². The number of esters is 2. The third kappa shape index (κ3) is 5.69. The molecular weight excluding hydrogens is 244 g/mol. The van der Waals surface area contributed by atoms with Gasteiger partial charge in [-0.05, 0) is 13.8 Å². The van der Waals surface area contributed by atoms with E-state index < -0.39 is 29.2 Å². The van der Waals surface area contributed by atoms with Crippen LogP contribution in [0.25, 0.3) is 0 Å². The minimum absolute atomic E-state index is 0.0365. The van der Waals surface area contributed by atoms with Gasteiger partial charge in [0.1, 0.15) is 0 Å². The van der Waals surface area contributed by atoms with Crippen molar-refractivity contribution < 1.29 is 34.1 Å². The summed E-state index contributed by atoms with van der Waals surface area (Å²) in [6.07, 6.45) is 1.04. The summed E-state index contributed by atoms with van der Waals surface area (Å²) in [5.41, 5.74) is 0. The minimum Gasteiger partial charge on any atom is -0.502 e. The van der Waals surface area contributed by atoms with Crippen LogP contribution in [-0.4, -0.2) is 41.1 Å². The Kier molecular flexibility index (Phi) is 6.87. The number of carbonyl (C=O) groups excluding carboxylic acids is 3. The van der Waals surface area contributed by atoms with Crippen molar-refractivity contribution in [1.29, 1.82) is 0 Å². The number of ketones is 1. The zero-order valence-electron chi connectivity index (χ0n) is 10.0. The predicted octanol–water partition coefficient (Wildman–Crippen LogP) is 0.566. The lowest BCUT2D eigenvalue weighted by Crippen LogP contribution is -2.10. The fourth-order valence-electron chi connectivity index (χ4n) is 0.839. The van der Waals surface area contributed by atoms with Gasteiger partial charge < -0.3 is 19.7 Å². The second-order valence-corrected chi connectivity index (χ2v) is 2.90. The number of hydrogen-bond donors (Lipinski definition) is 2. The van der Waals surface area contributed by atoms with Crippen molar-refractivity contribution in [2.45, 2.75) is 13.8 Å². The molecule has 0 heterocycles. The number of allylic oxidation sites excluding steroid dienone is 2. The van der Waals surface area contributed by atoms with Crippen LogP contribution < -0.4 is 0 Å². The third-order valence-electron chi connectivity index (χ3n) is 1.53. The highest BCUT2D eigenvalue weighted by Gasteiger charge is 2.13. The smallest absolute Gasteiger partial charge is 0.373 e. The third-order valence-corrected chi connectivity index (χ3v) is 1.53. The van der Waals surface area contributed by atoms with Gasteiger partial charge in [-0.3, -0.25) is 4.79 Å². The first-order valence-corrected chi connectivity index (χ1v) is 5.11. The Bertz CT molecular complexity index is 356. The lowest BCUT2D eigenvalue weighted by Gasteiger charge is -2.00. The molecule has 0 aliphatic rings. The van der Waals surface area contributed by atoms with E-state index in [0.29, 0.717) is 12.2 Å². The van der Waals surface area contributed by atoms with Crippen LogP contribution in [-0.2, 0) is 23.9 Å². The highest BCUT2D eigenvalue weighted by molar-refractivity contribution is 6.06. The van der Waals surface area contributed by atoms with Crippen molar-refractivity contribution >= 4 is 17.7 Å². The zero-order valence-corrected chi connectivity index (χ0v) is 10.0. The molecule has 0 spiro atoms. The molecular formula is C11H14O7. The highest BCUT2D eigenvalue weighted by atomic mass is 16.5. The van der Waals surface area contributed by atoms with Crippen molar-refractivity contribution in [2.24, 2.45) is 0 Å². The van der Waals surface area contributed by atoms with Crippen LogP contribution in [0.1, 0.15) is 13.8 Å². The lowest BCUT2D eigenvalue weighted by atomic mass is 10.3. The molecule has 0 radical (unpaired) electrons. The van der Waals surface area contributed by atoms with Crippen LogP contribution in [0.5, 0.6) is 0 Å². The van der Waals surface area contributed by atoms with Gasteiger partial charge in [0.2, 0.25) is 11.5 Å². The SMILES string of the molecule is CCOC(=O)C(O)=CC(=O)C=C(O)C(=O)OCC. The van der Waals surface area contributed by atoms with Gasteiger partial charge in [-0.25, -0.2) is 9.59 Å². The fourth-order valence-corrected chi connectivity index (χ4v) is 0.839. The monoisotopic (exact) mass is 258 g/mol. The average Bonchev–Trinajstić information content (AvgIpc) is 2.29. The van der Waals surface area contributed by atoms with E-state index in [9.17, 15) is 14.4 Å². The first-order chi connectivity index (χ1) is 8.42. The van der Waals surface area contributed by atoms with E-state index >= 15 is 0 Å². The van der Waals surface area contributed by atoms with Gasteiger partial charge in [0, 0.05) is 12.2 Å². The molecule has 0 fully saturated rings. The standard InChI is InChI=1S/C11H14O7/c1-3-17-10(15)8(13)5-7(12)6-9(14)11(16)18-4-2/h5-6,13-14H,3-4H2,1-2H3. The predicted molar refractivity (Wildman–Crippen MR) is 59.7 cm³/mol. The number of hydrogen-bond acceptors (Lipinski definition) is 7. The Morgan fingerprint density at radius 3 is 1.50 bits per heavy atom. The number of carbonyl (C=O) groups is 3. The maximum Gasteiger partial charge on any atom is 0.373 e. The highest BCUT2D eigenvalue weighted by Crippen LogP contribution is 1.98. The van der Waals surface area contributed by atoms with E-state index in [1.54, 1.807) is 0 Å². The Labute approximate surface area is 103 Å². The molecule has 18 heavy (non-hydrogen) atoms. The second kappa shape index (κ2) is 7.88. The van der Waals surface area contributed by atoms with Crippen molar-refractivity contribution in [2.75, 3.05) is 13.2 Å². The van der Waals surface area contributed by atoms with Gasteiger partial charge in [0.05, 0.1) is 13.2 Å². The molecule has 0 unspecified atom stereocenters. The van der Waals surface area contributed by atoms with Crippen LogP contribution in [0.2, 0.25) is 0 Å². The summed E-state index contributed by atoms with van der Waals surface area (Å²) in [4.78, 5) is 33.1. The summed E-state index contributed by atoms with van der Waals surface area (Å²) in [5, 5.41) is 18.2. The molecule has 0 saturated heterocycles. The van der Waals surface area contributed by atoms with E-state index in [1.807, 2.05) is 0 Å². The molecule has 7 nitrogen and oxygen atoms in total. The van der Waals surface area contributed by atoms with Gasteiger partial charge in [-0.15, -0.1) is 0 Å². The van der Waals surface area contributed by atoms with Crippen LogP contribution in [0.15, 0.2) is 23.7 Å². The number of ether oxygens (including phenoxy) is 2. The normalized spacial score (nSPS) is 11.9. The molecule has 100 valence electrons. The summed E-state index contributed by atoms with van der Waals surface area (Å²) >= 11 is 0. The molecule has 0 aromatic rings. The summed E-state index contributed by atoms with van der Waals surface area (Å²) in [6, 6.07) is 0. The largest absolute Gasteiger partial charge is 0.502 e. The van der Waals surface area contributed by atoms with Crippen LogP contribution >= 0.6 is 0 Å². The lowest BCUT2D eigenvalue weighted by molar-refractivity contribution is -0.142. The maximum atomic E-state index is 11.2. The summed E-state index contributed by atoms with van der Waals surface area (Å²) < 4.78 is 8.82. The fraction of sp³-hybridized carbons (Fsp3) is 0.364. The molecule has 0 aromatic heterocycles. The first kappa shape index (κ1) is 15.7. The molecule has 7 heteroatoms. The van der Waals surface area contributed by atoms with Crippen molar-refractivity contribution in [1.82, 2.24) is 0 Å². The average molecular weight is 258 g/mol. The van der Waals surface area contributed by atoms with Crippen molar-refractivity contribution in [3.63, 3.8) is 0 Å². The Hall–Kier alpha value is -2.31. The van der Waals surface area contributed by atoms with Crippen molar-refractivity contribution in [3.05, 3.63) is 23.7 Å². The Balaban J connectivity index is 4.67. The van der Waals surface area contributed by atoms with Gasteiger partial charge >= 0.3 is 11.9 Å². The number of aliphatic hydroxyl groups is 2. The molecule has 0 aromatic carbocycles. The molecule has 0 aliphatic carbocycles. The molecule has 0 saturated carbocycles. The molecule has 0 bridgehead atoms. The Morgan fingerprint density at radius 1 is 0.889 bits per heavy atom. The van der Waals surface area contributed by atoms with Gasteiger partial charge in [0.15, 0.2) is 5.78 Å². The van der Waals surface area contributed by atoms with Gasteiger partial charge in [-0.2, -0.15) is 0 Å². The van der Waals surface area contributed by atoms with E-state index in [-0.39, 0.29) is 13.2 Å². The minimum atomic E-state index is -1.07. The van der Waals surface area contributed by atoms with E-state index in [1.165, 1.54) is 13.8 Å². The molecule has 0 amide bonds. The zero-order chi connectivity index (χ0) is 14.1. The quantitative estimate of drug-likeness (QED) is 0.407. The van der Waals surface area contributed by atoms with Gasteiger partial charge in [-0.1, -0.05) is 0 Å². The molecule has 0 aliphatic heterocycles. The van der Waals surface area contributed by atoms with Crippen LogP contribution in [0.3, 0.4) is 0 Å². The number of rotatable bonds is 6. The topological polar surface area (TPSA) is 110 Å². The summed E-state index contributed by atoms with van der Waals surface area (Å²) in [5.74, 6) is -4.94. The molecule has 0 rings (SSSR count). The van der Waals surface area contributed by atoms with Crippen LogP contribution in [0, 0.1) is 0 Å². The first-order valence-electron chi connectivity index (χ1n) is 5.11. The maximum absolute atomic E-state index is 11.2. The van der Waals surface area contributed by atoms with E-state index in [2.05, 4.69) is 9.47 Å². The molecule has 2 N–H and O–H groups in total. The summed E-state index contributed by atoms with van der Waals surface area (Å²) in [6.45, 7) is 3.13. The molecule has 0 atom stereocenters. The summed E-state index contributed by atoms with van der Waals surface area (Å²) in [7, 11) is 0. The Morgan fingerprint density at radius 2 is 1.22 bits per heavy atom. The van der Waals surface area contributed by atoms with Crippen molar-refractivity contribution in [3.8, 4) is 0 Å².